The summed E-state index contributed by atoms with van der Waals surface area (Å²) in [5.74, 6) is 1.79. The van der Waals surface area contributed by atoms with Gasteiger partial charge in [-0.05, 0) is 44.5 Å². The minimum Gasteiger partial charge on any atom is -0.478 e. The van der Waals surface area contributed by atoms with Crippen LogP contribution in [-0.4, -0.2) is 32.0 Å². The lowest BCUT2D eigenvalue weighted by Gasteiger charge is -2.25. The Labute approximate surface area is 143 Å². The summed E-state index contributed by atoms with van der Waals surface area (Å²) in [6.45, 7) is 4.22. The maximum absolute atomic E-state index is 12.5. The van der Waals surface area contributed by atoms with Crippen molar-refractivity contribution in [1.29, 1.82) is 0 Å². The van der Waals surface area contributed by atoms with Crippen molar-refractivity contribution in [1.82, 2.24) is 14.8 Å². The molecule has 0 unspecified atom stereocenters. The number of ether oxygens (including phenoxy) is 1. The average Bonchev–Trinajstić information content (AvgIpc) is 2.93. The molecule has 0 bridgehead atoms. The van der Waals surface area contributed by atoms with Gasteiger partial charge in [0.15, 0.2) is 10.8 Å². The van der Waals surface area contributed by atoms with E-state index in [1.807, 2.05) is 4.57 Å². The van der Waals surface area contributed by atoms with Gasteiger partial charge in [0.1, 0.15) is 5.75 Å². The molecule has 1 aliphatic heterocycles. The Balaban J connectivity index is 1.71. The van der Waals surface area contributed by atoms with Gasteiger partial charge in [0, 0.05) is 17.3 Å². The van der Waals surface area contributed by atoms with Crippen LogP contribution in [0.3, 0.4) is 0 Å². The zero-order valence-corrected chi connectivity index (χ0v) is 14.4. The number of hydrogen-bond acceptors (Lipinski definition) is 5. The SMILES string of the molecule is CC(C)(Oc1ccc(Cl)cc1)C(=O)Nc1nnc2n1CCCS2. The van der Waals surface area contributed by atoms with Gasteiger partial charge in [-0.25, -0.2) is 0 Å². The van der Waals surface area contributed by atoms with Gasteiger partial charge >= 0.3 is 0 Å². The van der Waals surface area contributed by atoms with Crippen molar-refractivity contribution < 1.29 is 9.53 Å². The van der Waals surface area contributed by atoms with E-state index < -0.39 is 5.60 Å². The summed E-state index contributed by atoms with van der Waals surface area (Å²) in [5, 5.41) is 12.4. The molecule has 2 heterocycles. The van der Waals surface area contributed by atoms with E-state index in [2.05, 4.69) is 15.5 Å². The second-order valence-electron chi connectivity index (χ2n) is 5.68. The highest BCUT2D eigenvalue weighted by Gasteiger charge is 2.32. The van der Waals surface area contributed by atoms with E-state index in [0.717, 1.165) is 23.9 Å². The molecule has 0 aliphatic carbocycles. The lowest BCUT2D eigenvalue weighted by molar-refractivity contribution is -0.128. The van der Waals surface area contributed by atoms with Crippen molar-refractivity contribution in [2.24, 2.45) is 0 Å². The van der Waals surface area contributed by atoms with Gasteiger partial charge in [-0.15, -0.1) is 10.2 Å². The highest BCUT2D eigenvalue weighted by atomic mass is 35.5. The van der Waals surface area contributed by atoms with Crippen LogP contribution in [0.4, 0.5) is 5.95 Å². The summed E-state index contributed by atoms with van der Waals surface area (Å²) in [7, 11) is 0. The van der Waals surface area contributed by atoms with Crippen LogP contribution < -0.4 is 10.1 Å². The summed E-state index contributed by atoms with van der Waals surface area (Å²) >= 11 is 7.50. The molecule has 0 spiro atoms. The number of fused-ring (bicyclic) bond motifs is 1. The van der Waals surface area contributed by atoms with Gasteiger partial charge in [0.2, 0.25) is 5.95 Å². The normalized spacial score (nSPS) is 14.2. The van der Waals surface area contributed by atoms with Crippen molar-refractivity contribution in [3.05, 3.63) is 29.3 Å². The topological polar surface area (TPSA) is 69.0 Å². The molecule has 0 fully saturated rings. The van der Waals surface area contributed by atoms with Crippen LogP contribution in [0.2, 0.25) is 5.02 Å². The summed E-state index contributed by atoms with van der Waals surface area (Å²) in [6, 6.07) is 6.90. The predicted octanol–water partition coefficient (Wildman–Crippen LogP) is 3.22. The second kappa shape index (κ2) is 6.41. The number of amides is 1. The Morgan fingerprint density at radius 2 is 2.09 bits per heavy atom. The Morgan fingerprint density at radius 3 is 2.83 bits per heavy atom. The molecule has 1 aliphatic rings. The lowest BCUT2D eigenvalue weighted by Crippen LogP contribution is -2.43. The quantitative estimate of drug-likeness (QED) is 0.914. The Morgan fingerprint density at radius 1 is 1.35 bits per heavy atom. The van der Waals surface area contributed by atoms with Crippen LogP contribution >= 0.6 is 23.4 Å². The molecule has 122 valence electrons. The maximum atomic E-state index is 12.5. The minimum atomic E-state index is -1.05. The standard InChI is InChI=1S/C15H17ClN4O2S/c1-15(2,22-11-6-4-10(16)5-7-11)12(21)17-13-18-19-14-20(13)8-3-9-23-14/h4-7H,3,8-9H2,1-2H3,(H,17,18,21). The number of nitrogens with zero attached hydrogens (tertiary/aromatic N) is 3. The number of rotatable bonds is 4. The Bertz CT molecular complexity index is 715. The van der Waals surface area contributed by atoms with Crippen molar-refractivity contribution in [3.63, 3.8) is 0 Å². The number of benzene rings is 1. The van der Waals surface area contributed by atoms with Crippen molar-refractivity contribution >= 4 is 35.2 Å². The summed E-state index contributed by atoms with van der Waals surface area (Å²) in [4.78, 5) is 12.5. The summed E-state index contributed by atoms with van der Waals surface area (Å²) in [5.41, 5.74) is -1.05. The van der Waals surface area contributed by atoms with Crippen molar-refractivity contribution in [2.75, 3.05) is 11.1 Å². The number of hydrogen-bond donors (Lipinski definition) is 1. The third-order valence-corrected chi connectivity index (χ3v) is 4.74. The van der Waals surface area contributed by atoms with Crippen LogP contribution in [0.1, 0.15) is 20.3 Å². The molecule has 0 saturated carbocycles. The van der Waals surface area contributed by atoms with Gasteiger partial charge in [-0.3, -0.25) is 14.7 Å². The predicted molar refractivity (Wildman–Crippen MR) is 90.2 cm³/mol. The zero-order chi connectivity index (χ0) is 16.4. The largest absolute Gasteiger partial charge is 0.478 e. The molecule has 2 aromatic rings. The number of nitrogens with one attached hydrogen (secondary N) is 1. The van der Waals surface area contributed by atoms with Crippen molar-refractivity contribution in [3.8, 4) is 5.75 Å². The van der Waals surface area contributed by atoms with Crippen LogP contribution in [-0.2, 0) is 11.3 Å². The zero-order valence-electron chi connectivity index (χ0n) is 12.9. The molecule has 6 nitrogen and oxygen atoms in total. The first kappa shape index (κ1) is 16.1. The van der Waals surface area contributed by atoms with Gasteiger partial charge < -0.3 is 4.74 Å². The minimum absolute atomic E-state index is 0.279. The van der Waals surface area contributed by atoms with Crippen LogP contribution in [0, 0.1) is 0 Å². The molecular weight excluding hydrogens is 336 g/mol. The van der Waals surface area contributed by atoms with E-state index >= 15 is 0 Å². The second-order valence-corrected chi connectivity index (χ2v) is 7.18. The monoisotopic (exact) mass is 352 g/mol. The molecule has 3 rings (SSSR count). The Kier molecular flexibility index (Phi) is 4.50. The fourth-order valence-corrected chi connectivity index (χ4v) is 3.19. The van der Waals surface area contributed by atoms with E-state index in [1.54, 1.807) is 49.9 Å². The molecule has 8 heteroatoms. The number of thioether (sulfide) groups is 1. The third kappa shape index (κ3) is 3.61. The molecule has 0 saturated heterocycles. The van der Waals surface area contributed by atoms with Crippen LogP contribution in [0.15, 0.2) is 29.4 Å². The molecule has 0 atom stereocenters. The van der Waals surface area contributed by atoms with E-state index in [4.69, 9.17) is 16.3 Å². The average molecular weight is 353 g/mol. The van der Waals surface area contributed by atoms with Gasteiger partial charge in [0.25, 0.3) is 5.91 Å². The number of aromatic nitrogens is 3. The number of carbonyl (C=O) groups excluding carboxylic acids is 1. The van der Waals surface area contributed by atoms with Crippen LogP contribution in [0.25, 0.3) is 0 Å². The molecule has 1 aromatic heterocycles. The first-order chi connectivity index (χ1) is 11.0. The molecule has 23 heavy (non-hydrogen) atoms. The first-order valence-electron chi connectivity index (χ1n) is 7.28. The number of anilines is 1. The van der Waals surface area contributed by atoms with Crippen molar-refractivity contribution in [2.45, 2.75) is 37.6 Å². The highest BCUT2D eigenvalue weighted by molar-refractivity contribution is 7.99. The highest BCUT2D eigenvalue weighted by Crippen LogP contribution is 2.26. The molecule has 0 radical (unpaired) electrons. The molecule has 1 amide bonds. The fraction of sp³-hybridized carbons (Fsp3) is 0.400. The first-order valence-corrected chi connectivity index (χ1v) is 8.64. The third-order valence-electron chi connectivity index (χ3n) is 3.43. The van der Waals surface area contributed by atoms with Gasteiger partial charge in [0.05, 0.1) is 0 Å². The van der Waals surface area contributed by atoms with E-state index in [0.29, 0.717) is 16.7 Å². The van der Waals surface area contributed by atoms with Gasteiger partial charge in [-0.1, -0.05) is 23.4 Å². The van der Waals surface area contributed by atoms with E-state index in [1.165, 1.54) is 0 Å². The van der Waals surface area contributed by atoms with Crippen LogP contribution in [0.5, 0.6) is 5.75 Å². The number of halogens is 1. The van der Waals surface area contributed by atoms with Gasteiger partial charge in [-0.2, -0.15) is 0 Å². The summed E-state index contributed by atoms with van der Waals surface area (Å²) < 4.78 is 7.70. The Hall–Kier alpha value is -1.73. The maximum Gasteiger partial charge on any atom is 0.270 e. The fourth-order valence-electron chi connectivity index (χ4n) is 2.17. The van der Waals surface area contributed by atoms with E-state index in [9.17, 15) is 4.79 Å². The molecule has 1 aromatic carbocycles. The lowest BCUT2D eigenvalue weighted by atomic mass is 10.1. The molecule has 1 N–H and O–H groups in total. The van der Waals surface area contributed by atoms with E-state index in [-0.39, 0.29) is 5.91 Å². The number of carbonyl (C=O) groups is 1. The smallest absolute Gasteiger partial charge is 0.270 e. The summed E-state index contributed by atoms with van der Waals surface area (Å²) in [6.07, 6.45) is 1.03. The molecular formula is C15H17ClN4O2S.